The van der Waals surface area contributed by atoms with Crippen molar-refractivity contribution in [1.82, 2.24) is 0 Å². The first-order chi connectivity index (χ1) is 8.20. The van der Waals surface area contributed by atoms with Gasteiger partial charge in [-0.2, -0.15) is 0 Å². The van der Waals surface area contributed by atoms with Crippen LogP contribution in [0.3, 0.4) is 0 Å². The maximum absolute atomic E-state index is 3.74. The molecule has 0 amide bonds. The Morgan fingerprint density at radius 3 is 2.53 bits per heavy atom. The van der Waals surface area contributed by atoms with Crippen LogP contribution in [0.15, 0.2) is 29.2 Å². The summed E-state index contributed by atoms with van der Waals surface area (Å²) in [4.78, 5) is 1.34. The number of hydrogen-bond donors (Lipinski definition) is 1. The number of thioether (sulfide) groups is 1. The van der Waals surface area contributed by atoms with Crippen LogP contribution in [-0.4, -0.2) is 12.3 Å². The Morgan fingerprint density at radius 1 is 1.18 bits per heavy atom. The van der Waals surface area contributed by atoms with Gasteiger partial charge in [0.2, 0.25) is 0 Å². The van der Waals surface area contributed by atoms with Crippen LogP contribution < -0.4 is 5.32 Å². The summed E-state index contributed by atoms with van der Waals surface area (Å²) >= 11 is 1.81. The molecule has 0 spiro atoms. The lowest BCUT2D eigenvalue weighted by Crippen LogP contribution is -2.37. The van der Waals surface area contributed by atoms with E-state index in [1.54, 1.807) is 11.8 Å². The van der Waals surface area contributed by atoms with Gasteiger partial charge in [-0.1, -0.05) is 26.3 Å². The van der Waals surface area contributed by atoms with Gasteiger partial charge in [-0.3, -0.25) is 0 Å². The van der Waals surface area contributed by atoms with Crippen molar-refractivity contribution in [2.75, 3.05) is 11.6 Å². The van der Waals surface area contributed by atoms with E-state index in [2.05, 4.69) is 49.7 Å². The van der Waals surface area contributed by atoms with E-state index < -0.39 is 0 Å². The molecular weight excluding hydrogens is 226 g/mol. The second kappa shape index (κ2) is 5.81. The van der Waals surface area contributed by atoms with Crippen LogP contribution in [-0.2, 0) is 0 Å². The van der Waals surface area contributed by atoms with E-state index >= 15 is 0 Å². The molecule has 1 N–H and O–H groups in total. The molecule has 2 atom stereocenters. The third kappa shape index (κ3) is 3.19. The Labute approximate surface area is 109 Å². The topological polar surface area (TPSA) is 12.0 Å². The smallest absolute Gasteiger partial charge is 0.0353 e. The first-order valence-electron chi connectivity index (χ1n) is 6.61. The van der Waals surface area contributed by atoms with Crippen molar-refractivity contribution in [3.63, 3.8) is 0 Å². The van der Waals surface area contributed by atoms with E-state index in [1.807, 2.05) is 0 Å². The van der Waals surface area contributed by atoms with Gasteiger partial charge >= 0.3 is 0 Å². The third-order valence-corrected chi connectivity index (χ3v) is 4.67. The molecule has 1 aromatic rings. The van der Waals surface area contributed by atoms with Crippen LogP contribution in [0.1, 0.15) is 33.1 Å². The van der Waals surface area contributed by atoms with Gasteiger partial charge in [-0.05, 0) is 49.1 Å². The maximum atomic E-state index is 3.74. The Balaban J connectivity index is 2.07. The predicted octanol–water partition coefficient (Wildman–Crippen LogP) is 4.65. The minimum Gasteiger partial charge on any atom is -0.382 e. The van der Waals surface area contributed by atoms with Gasteiger partial charge < -0.3 is 5.32 Å². The van der Waals surface area contributed by atoms with Crippen molar-refractivity contribution < 1.29 is 0 Å². The second-order valence-electron chi connectivity index (χ2n) is 5.29. The highest BCUT2D eigenvalue weighted by atomic mass is 32.2. The van der Waals surface area contributed by atoms with E-state index in [1.165, 1.54) is 29.8 Å². The number of benzene rings is 1. The molecule has 17 heavy (non-hydrogen) atoms. The quantitative estimate of drug-likeness (QED) is 0.783. The lowest BCUT2D eigenvalue weighted by Gasteiger charge is -2.36. The molecule has 94 valence electrons. The van der Waals surface area contributed by atoms with Crippen LogP contribution in [0.5, 0.6) is 0 Å². The zero-order valence-corrected chi connectivity index (χ0v) is 11.9. The van der Waals surface area contributed by atoms with Crippen molar-refractivity contribution in [3.8, 4) is 0 Å². The van der Waals surface area contributed by atoms with E-state index in [9.17, 15) is 0 Å². The minimum atomic E-state index is 0.640. The van der Waals surface area contributed by atoms with Gasteiger partial charge in [-0.15, -0.1) is 11.8 Å². The summed E-state index contributed by atoms with van der Waals surface area (Å²) < 4.78 is 0. The molecule has 1 fully saturated rings. The molecule has 0 bridgehead atoms. The van der Waals surface area contributed by atoms with Gasteiger partial charge in [0, 0.05) is 16.6 Å². The molecule has 0 aliphatic heterocycles. The Hall–Kier alpha value is -0.630. The first-order valence-corrected chi connectivity index (χ1v) is 7.84. The van der Waals surface area contributed by atoms with Crippen LogP contribution >= 0.6 is 11.8 Å². The molecule has 0 radical (unpaired) electrons. The van der Waals surface area contributed by atoms with Crippen molar-refractivity contribution >= 4 is 17.4 Å². The summed E-state index contributed by atoms with van der Waals surface area (Å²) in [6.45, 7) is 4.76. The van der Waals surface area contributed by atoms with Crippen LogP contribution in [0.4, 0.5) is 5.69 Å². The molecule has 1 aliphatic rings. The zero-order chi connectivity index (χ0) is 12.3. The monoisotopic (exact) mass is 249 g/mol. The second-order valence-corrected chi connectivity index (χ2v) is 6.17. The number of nitrogens with one attached hydrogen (secondary N) is 1. The first kappa shape index (κ1) is 12.8. The summed E-state index contributed by atoms with van der Waals surface area (Å²) in [6.07, 6.45) is 6.25. The van der Waals surface area contributed by atoms with Gasteiger partial charge in [0.15, 0.2) is 0 Å². The number of hydrogen-bond acceptors (Lipinski definition) is 2. The molecule has 1 nitrogen and oxygen atoms in total. The van der Waals surface area contributed by atoms with Gasteiger partial charge in [0.05, 0.1) is 0 Å². The van der Waals surface area contributed by atoms with E-state index in [4.69, 9.17) is 0 Å². The van der Waals surface area contributed by atoms with E-state index in [-0.39, 0.29) is 0 Å². The fourth-order valence-electron chi connectivity index (χ4n) is 2.87. The van der Waals surface area contributed by atoms with E-state index in [0.717, 1.165) is 11.8 Å². The largest absolute Gasteiger partial charge is 0.382 e. The van der Waals surface area contributed by atoms with Gasteiger partial charge in [0.25, 0.3) is 0 Å². The van der Waals surface area contributed by atoms with Crippen LogP contribution in [0.2, 0.25) is 0 Å². The molecule has 1 aliphatic carbocycles. The molecule has 1 aromatic carbocycles. The highest BCUT2D eigenvalue weighted by Crippen LogP contribution is 2.31. The van der Waals surface area contributed by atoms with Crippen molar-refractivity contribution in [1.29, 1.82) is 0 Å². The van der Waals surface area contributed by atoms with Crippen molar-refractivity contribution in [2.24, 2.45) is 11.8 Å². The lowest BCUT2D eigenvalue weighted by molar-refractivity contribution is 0.268. The molecule has 0 heterocycles. The van der Waals surface area contributed by atoms with Gasteiger partial charge in [-0.25, -0.2) is 0 Å². The van der Waals surface area contributed by atoms with Crippen molar-refractivity contribution in [3.05, 3.63) is 24.3 Å². The predicted molar refractivity (Wildman–Crippen MR) is 77.8 cm³/mol. The summed E-state index contributed by atoms with van der Waals surface area (Å²) in [7, 11) is 0. The van der Waals surface area contributed by atoms with Gasteiger partial charge in [0.1, 0.15) is 0 Å². The average molecular weight is 249 g/mol. The summed E-state index contributed by atoms with van der Waals surface area (Å²) in [5, 5.41) is 3.74. The Bertz CT molecular complexity index is 354. The highest BCUT2D eigenvalue weighted by molar-refractivity contribution is 7.98. The molecular formula is C15H23NS. The number of rotatable bonds is 3. The summed E-state index contributed by atoms with van der Waals surface area (Å²) in [5.74, 6) is 1.58. The highest BCUT2D eigenvalue weighted by Gasteiger charge is 2.27. The Morgan fingerprint density at radius 2 is 1.88 bits per heavy atom. The minimum absolute atomic E-state index is 0.640. The van der Waals surface area contributed by atoms with Crippen LogP contribution in [0.25, 0.3) is 0 Å². The maximum Gasteiger partial charge on any atom is 0.0353 e. The SMILES string of the molecule is CSc1cccc(NC2C(C)CCCC2C)c1. The third-order valence-electron chi connectivity index (χ3n) is 3.95. The van der Waals surface area contributed by atoms with Crippen molar-refractivity contribution in [2.45, 2.75) is 44.0 Å². The fraction of sp³-hybridized carbons (Fsp3) is 0.600. The lowest BCUT2D eigenvalue weighted by atomic mass is 9.78. The molecule has 0 saturated heterocycles. The standard InChI is InChI=1S/C15H23NS/c1-11-6-4-7-12(2)15(11)16-13-8-5-9-14(10-13)17-3/h5,8-12,15-16H,4,6-7H2,1-3H3. The Kier molecular flexibility index (Phi) is 4.38. The molecule has 1 saturated carbocycles. The fourth-order valence-corrected chi connectivity index (χ4v) is 3.33. The number of anilines is 1. The average Bonchev–Trinajstić information content (AvgIpc) is 2.34. The molecule has 0 aromatic heterocycles. The van der Waals surface area contributed by atoms with E-state index in [0.29, 0.717) is 6.04 Å². The molecule has 2 unspecified atom stereocenters. The summed E-state index contributed by atoms with van der Waals surface area (Å²) in [6, 6.07) is 9.41. The van der Waals surface area contributed by atoms with Crippen LogP contribution in [0, 0.1) is 11.8 Å². The summed E-state index contributed by atoms with van der Waals surface area (Å²) in [5.41, 5.74) is 1.28. The normalized spacial score (nSPS) is 29.0. The zero-order valence-electron chi connectivity index (χ0n) is 11.1. The molecule has 2 heteroatoms. The molecule has 2 rings (SSSR count).